The molecule has 1 heterocycles. The van der Waals surface area contributed by atoms with E-state index in [1.807, 2.05) is 14.0 Å². The van der Waals surface area contributed by atoms with Gasteiger partial charge in [-0.2, -0.15) is 5.10 Å². The van der Waals surface area contributed by atoms with Crippen LogP contribution in [0.1, 0.15) is 23.0 Å². The third-order valence-corrected chi connectivity index (χ3v) is 4.47. The van der Waals surface area contributed by atoms with Crippen molar-refractivity contribution in [2.75, 3.05) is 7.11 Å². The van der Waals surface area contributed by atoms with Crippen LogP contribution in [-0.4, -0.2) is 16.9 Å². The van der Waals surface area contributed by atoms with E-state index in [9.17, 15) is 4.39 Å². The highest BCUT2D eigenvalue weighted by Crippen LogP contribution is 2.32. The monoisotopic (exact) mass is 356 g/mol. The van der Waals surface area contributed by atoms with Crippen LogP contribution < -0.4 is 16.0 Å². The highest BCUT2D eigenvalue weighted by molar-refractivity contribution is 9.10. The quantitative estimate of drug-likeness (QED) is 0.637. The molecule has 21 heavy (non-hydrogen) atoms. The second-order valence-electron chi connectivity index (χ2n) is 4.75. The predicted molar refractivity (Wildman–Crippen MR) is 82.4 cm³/mol. The largest absolute Gasteiger partial charge is 0.496 e. The molecule has 3 N–H and O–H groups in total. The Morgan fingerprint density at radius 2 is 2.24 bits per heavy atom. The molecule has 0 amide bonds. The van der Waals surface area contributed by atoms with E-state index in [-0.39, 0.29) is 5.82 Å². The minimum absolute atomic E-state index is 0.354. The zero-order valence-electron chi connectivity index (χ0n) is 12.2. The molecule has 1 atom stereocenters. The van der Waals surface area contributed by atoms with Crippen molar-refractivity contribution < 1.29 is 9.13 Å². The average molecular weight is 357 g/mol. The third-order valence-electron chi connectivity index (χ3n) is 3.44. The zero-order chi connectivity index (χ0) is 15.6. The molecular formula is C14H18BrFN4O. The molecule has 1 unspecified atom stereocenters. The van der Waals surface area contributed by atoms with E-state index in [4.69, 9.17) is 10.6 Å². The maximum atomic E-state index is 14.2. The molecule has 0 spiro atoms. The van der Waals surface area contributed by atoms with Gasteiger partial charge in [0, 0.05) is 19.0 Å². The number of aromatic nitrogens is 2. The predicted octanol–water partition coefficient (Wildman–Crippen LogP) is 2.39. The van der Waals surface area contributed by atoms with Crippen LogP contribution in [0.2, 0.25) is 0 Å². The van der Waals surface area contributed by atoms with Crippen LogP contribution in [0.25, 0.3) is 0 Å². The van der Waals surface area contributed by atoms with Crippen molar-refractivity contribution in [1.29, 1.82) is 0 Å². The smallest absolute Gasteiger partial charge is 0.131 e. The SMILES string of the molecule is COc1cccc(F)c1C(Cc1c(Br)c(C)nn1C)NN. The van der Waals surface area contributed by atoms with E-state index in [1.54, 1.807) is 16.8 Å². The van der Waals surface area contributed by atoms with Gasteiger partial charge in [0.2, 0.25) is 0 Å². The molecule has 0 fully saturated rings. The first-order chi connectivity index (χ1) is 9.99. The number of hydrogen-bond donors (Lipinski definition) is 2. The number of aryl methyl sites for hydroxylation is 2. The van der Waals surface area contributed by atoms with Gasteiger partial charge in [0.1, 0.15) is 11.6 Å². The number of halogens is 2. The van der Waals surface area contributed by atoms with E-state index in [1.165, 1.54) is 13.2 Å². The Kier molecular flexibility index (Phi) is 4.97. The molecule has 0 aliphatic carbocycles. The minimum Gasteiger partial charge on any atom is -0.496 e. The maximum Gasteiger partial charge on any atom is 0.131 e. The Hall–Kier alpha value is -1.44. The number of nitrogens with two attached hydrogens (primary N) is 1. The first kappa shape index (κ1) is 15.9. The zero-order valence-corrected chi connectivity index (χ0v) is 13.7. The molecule has 2 aromatic rings. The third kappa shape index (κ3) is 3.09. The van der Waals surface area contributed by atoms with Gasteiger partial charge in [0.15, 0.2) is 0 Å². The number of methoxy groups -OCH3 is 1. The van der Waals surface area contributed by atoms with Gasteiger partial charge in [-0.15, -0.1) is 0 Å². The fourth-order valence-electron chi connectivity index (χ4n) is 2.37. The number of hydrogen-bond acceptors (Lipinski definition) is 4. The standard InChI is InChI=1S/C14H18BrFN4O/c1-8-14(15)11(20(2)19-8)7-10(18-17)13-9(16)5-4-6-12(13)21-3/h4-6,10,18H,7,17H2,1-3H3. The van der Waals surface area contributed by atoms with Crippen molar-refractivity contribution in [1.82, 2.24) is 15.2 Å². The van der Waals surface area contributed by atoms with Gasteiger partial charge >= 0.3 is 0 Å². The van der Waals surface area contributed by atoms with Gasteiger partial charge in [0.25, 0.3) is 0 Å². The van der Waals surface area contributed by atoms with Crippen LogP contribution in [-0.2, 0) is 13.5 Å². The molecule has 2 rings (SSSR count). The Morgan fingerprint density at radius 1 is 1.52 bits per heavy atom. The van der Waals surface area contributed by atoms with Crippen LogP contribution in [0.15, 0.2) is 22.7 Å². The van der Waals surface area contributed by atoms with Crippen molar-refractivity contribution >= 4 is 15.9 Å². The summed E-state index contributed by atoms with van der Waals surface area (Å²) in [5, 5.41) is 4.33. The van der Waals surface area contributed by atoms with E-state index >= 15 is 0 Å². The lowest BCUT2D eigenvalue weighted by Crippen LogP contribution is -2.31. The van der Waals surface area contributed by atoms with Gasteiger partial charge < -0.3 is 4.74 Å². The van der Waals surface area contributed by atoms with Crippen LogP contribution in [0.4, 0.5) is 4.39 Å². The molecular weight excluding hydrogens is 339 g/mol. The first-order valence-electron chi connectivity index (χ1n) is 6.46. The lowest BCUT2D eigenvalue weighted by molar-refractivity contribution is 0.389. The van der Waals surface area contributed by atoms with Crippen LogP contribution in [0, 0.1) is 12.7 Å². The summed E-state index contributed by atoms with van der Waals surface area (Å²) >= 11 is 3.51. The summed E-state index contributed by atoms with van der Waals surface area (Å²) in [5.74, 6) is 5.75. The fourth-order valence-corrected chi connectivity index (χ4v) is 2.87. The Balaban J connectivity index is 2.41. The summed E-state index contributed by atoms with van der Waals surface area (Å²) in [6.45, 7) is 1.90. The van der Waals surface area contributed by atoms with Gasteiger partial charge in [-0.25, -0.2) is 4.39 Å². The lowest BCUT2D eigenvalue weighted by atomic mass is 10.0. The highest BCUT2D eigenvalue weighted by atomic mass is 79.9. The van der Waals surface area contributed by atoms with Crippen LogP contribution in [0.5, 0.6) is 5.75 Å². The number of nitrogens with one attached hydrogen (secondary N) is 1. The van der Waals surface area contributed by atoms with Crippen molar-refractivity contribution in [3.05, 3.63) is 45.4 Å². The summed E-state index contributed by atoms with van der Waals surface area (Å²) in [6, 6.07) is 4.29. The Labute approximate surface area is 131 Å². The minimum atomic E-state index is -0.424. The molecule has 0 radical (unpaired) electrons. The molecule has 1 aromatic carbocycles. The molecule has 0 bridgehead atoms. The van der Waals surface area contributed by atoms with Gasteiger partial charge in [-0.3, -0.25) is 16.0 Å². The van der Waals surface area contributed by atoms with Gasteiger partial charge in [-0.1, -0.05) is 6.07 Å². The van der Waals surface area contributed by atoms with Gasteiger partial charge in [-0.05, 0) is 35.0 Å². The molecule has 7 heteroatoms. The molecule has 5 nitrogen and oxygen atoms in total. The number of hydrazine groups is 1. The topological polar surface area (TPSA) is 65.1 Å². The number of rotatable bonds is 5. The van der Waals surface area contributed by atoms with Crippen molar-refractivity contribution in [3.8, 4) is 5.75 Å². The molecule has 0 aliphatic rings. The molecule has 0 aliphatic heterocycles. The highest BCUT2D eigenvalue weighted by Gasteiger charge is 2.23. The van der Waals surface area contributed by atoms with E-state index < -0.39 is 6.04 Å². The second kappa shape index (κ2) is 6.55. The first-order valence-corrected chi connectivity index (χ1v) is 7.25. The summed E-state index contributed by atoms with van der Waals surface area (Å²) in [7, 11) is 3.36. The molecule has 0 saturated heterocycles. The lowest BCUT2D eigenvalue weighted by Gasteiger charge is -2.20. The fraction of sp³-hybridized carbons (Fsp3) is 0.357. The van der Waals surface area contributed by atoms with Crippen LogP contribution in [0.3, 0.4) is 0 Å². The van der Waals surface area contributed by atoms with Crippen molar-refractivity contribution in [3.63, 3.8) is 0 Å². The number of benzene rings is 1. The van der Waals surface area contributed by atoms with Gasteiger partial charge in [0.05, 0.1) is 29.0 Å². The normalized spacial score (nSPS) is 12.5. The second-order valence-corrected chi connectivity index (χ2v) is 5.54. The van der Waals surface area contributed by atoms with E-state index in [0.717, 1.165) is 15.9 Å². The van der Waals surface area contributed by atoms with E-state index in [0.29, 0.717) is 17.7 Å². The number of nitrogens with zero attached hydrogens (tertiary/aromatic N) is 2. The summed E-state index contributed by atoms with van der Waals surface area (Å²) in [6.07, 6.45) is 0.478. The number of ether oxygens (including phenoxy) is 1. The molecule has 1 aromatic heterocycles. The summed E-state index contributed by atoms with van der Waals surface area (Å²) in [5.41, 5.74) is 4.88. The Morgan fingerprint density at radius 3 is 2.76 bits per heavy atom. The molecule has 114 valence electrons. The maximum absolute atomic E-state index is 14.2. The van der Waals surface area contributed by atoms with Crippen molar-refractivity contribution in [2.45, 2.75) is 19.4 Å². The average Bonchev–Trinajstić information content (AvgIpc) is 2.70. The van der Waals surface area contributed by atoms with Crippen LogP contribution >= 0.6 is 15.9 Å². The summed E-state index contributed by atoms with van der Waals surface area (Å²) in [4.78, 5) is 0. The summed E-state index contributed by atoms with van der Waals surface area (Å²) < 4.78 is 22.1. The van der Waals surface area contributed by atoms with Crippen molar-refractivity contribution in [2.24, 2.45) is 12.9 Å². The molecule has 0 saturated carbocycles. The Bertz CT molecular complexity index is 644. The van der Waals surface area contributed by atoms with E-state index in [2.05, 4.69) is 26.5 Å².